The number of hydrogen-bond donors (Lipinski definition) is 1. The van der Waals surface area contributed by atoms with Crippen molar-refractivity contribution in [1.29, 1.82) is 0 Å². The molecule has 4 aromatic carbocycles. The van der Waals surface area contributed by atoms with Crippen LogP contribution in [-0.4, -0.2) is 23.9 Å². The largest absolute Gasteiger partial charge is 0.507 e. The van der Waals surface area contributed by atoms with Crippen LogP contribution >= 0.6 is 0 Å². The number of nitrogens with zero attached hydrogens (tertiary/aromatic N) is 1. The van der Waals surface area contributed by atoms with Gasteiger partial charge in [0.1, 0.15) is 11.5 Å². The van der Waals surface area contributed by atoms with E-state index in [1.54, 1.807) is 43.5 Å². The van der Waals surface area contributed by atoms with Gasteiger partial charge in [0.05, 0.1) is 18.7 Å². The summed E-state index contributed by atoms with van der Waals surface area (Å²) >= 11 is 0. The van der Waals surface area contributed by atoms with Gasteiger partial charge in [0.2, 0.25) is 0 Å². The zero-order valence-corrected chi connectivity index (χ0v) is 18.9. The van der Waals surface area contributed by atoms with Crippen LogP contribution < -0.4 is 9.64 Å². The van der Waals surface area contributed by atoms with Gasteiger partial charge in [-0.15, -0.1) is 0 Å². The monoisotopic (exact) mass is 449 g/mol. The van der Waals surface area contributed by atoms with Gasteiger partial charge in [-0.2, -0.15) is 0 Å². The molecule has 1 amide bonds. The number of rotatable bonds is 4. The Bertz CT molecular complexity index is 1430. The fraction of sp³-hybridized carbons (Fsp3) is 0.103. The van der Waals surface area contributed by atoms with Gasteiger partial charge in [0.15, 0.2) is 0 Å². The maximum Gasteiger partial charge on any atom is 0.300 e. The average molecular weight is 450 g/mol. The molecule has 4 aromatic rings. The number of anilines is 1. The van der Waals surface area contributed by atoms with Crippen molar-refractivity contribution in [2.75, 3.05) is 12.0 Å². The van der Waals surface area contributed by atoms with Crippen LogP contribution in [0.25, 0.3) is 16.5 Å². The second kappa shape index (κ2) is 8.52. The average Bonchev–Trinajstić information content (AvgIpc) is 3.14. The van der Waals surface area contributed by atoms with Crippen molar-refractivity contribution in [3.8, 4) is 5.75 Å². The van der Waals surface area contributed by atoms with E-state index in [4.69, 9.17) is 4.74 Å². The van der Waals surface area contributed by atoms with Crippen molar-refractivity contribution >= 4 is 33.9 Å². The number of ketones is 1. The highest BCUT2D eigenvalue weighted by atomic mass is 16.5. The van der Waals surface area contributed by atoms with E-state index in [2.05, 4.69) is 0 Å². The zero-order chi connectivity index (χ0) is 23.8. The van der Waals surface area contributed by atoms with Gasteiger partial charge in [-0.25, -0.2) is 0 Å². The van der Waals surface area contributed by atoms with Crippen LogP contribution in [0.5, 0.6) is 5.75 Å². The van der Waals surface area contributed by atoms with Crippen molar-refractivity contribution < 1.29 is 19.4 Å². The lowest BCUT2D eigenvalue weighted by molar-refractivity contribution is -0.132. The Morgan fingerprint density at radius 2 is 1.53 bits per heavy atom. The molecule has 0 bridgehead atoms. The van der Waals surface area contributed by atoms with Crippen molar-refractivity contribution in [3.63, 3.8) is 0 Å². The third-order valence-corrected chi connectivity index (χ3v) is 6.24. The van der Waals surface area contributed by atoms with E-state index in [0.29, 0.717) is 17.0 Å². The molecule has 5 rings (SSSR count). The fourth-order valence-corrected chi connectivity index (χ4v) is 4.49. The molecule has 1 saturated heterocycles. The lowest BCUT2D eigenvalue weighted by Crippen LogP contribution is -2.29. The van der Waals surface area contributed by atoms with Crippen LogP contribution in [0.3, 0.4) is 0 Å². The van der Waals surface area contributed by atoms with Gasteiger partial charge < -0.3 is 9.84 Å². The Kier molecular flexibility index (Phi) is 5.38. The number of fused-ring (bicyclic) bond motifs is 1. The summed E-state index contributed by atoms with van der Waals surface area (Å²) in [6.45, 7) is 1.95. The Morgan fingerprint density at radius 1 is 0.853 bits per heavy atom. The Hall–Kier alpha value is -4.38. The van der Waals surface area contributed by atoms with E-state index in [9.17, 15) is 14.7 Å². The normalized spacial score (nSPS) is 17.4. The van der Waals surface area contributed by atoms with Crippen LogP contribution in [-0.2, 0) is 9.59 Å². The minimum atomic E-state index is -0.791. The number of amides is 1. The second-order valence-corrected chi connectivity index (χ2v) is 8.30. The molecule has 1 fully saturated rings. The molecular weight excluding hydrogens is 426 g/mol. The van der Waals surface area contributed by atoms with E-state index in [0.717, 1.165) is 21.9 Å². The molecule has 5 nitrogen and oxygen atoms in total. The van der Waals surface area contributed by atoms with Crippen LogP contribution in [0.1, 0.15) is 22.7 Å². The van der Waals surface area contributed by atoms with Gasteiger partial charge in [-0.3, -0.25) is 14.5 Å². The van der Waals surface area contributed by atoms with Crippen LogP contribution in [0.4, 0.5) is 5.69 Å². The van der Waals surface area contributed by atoms with Crippen molar-refractivity contribution in [2.45, 2.75) is 13.0 Å². The first-order chi connectivity index (χ1) is 16.5. The molecular formula is C29H23NO4. The first-order valence-electron chi connectivity index (χ1n) is 11.0. The standard InChI is InChI=1S/C29H23NO4/c1-18-10-12-20(13-11-18)27(31)25-26(24-9-5-7-19-6-3-4-8-23(19)24)30(29(33)28(25)32)21-14-16-22(34-2)17-15-21/h3-17,26,31H,1-2H3/b27-25-. The Morgan fingerprint density at radius 3 is 2.24 bits per heavy atom. The molecule has 168 valence electrons. The number of ether oxygens (including phenoxy) is 1. The summed E-state index contributed by atoms with van der Waals surface area (Å²) in [5, 5.41) is 13.2. The van der Waals surface area contributed by atoms with Crippen molar-refractivity contribution in [1.82, 2.24) is 0 Å². The highest BCUT2D eigenvalue weighted by molar-refractivity contribution is 6.51. The van der Waals surface area contributed by atoms with Gasteiger partial charge in [0, 0.05) is 11.3 Å². The van der Waals surface area contributed by atoms with E-state index in [1.807, 2.05) is 61.5 Å². The number of carbonyl (C=O) groups is 2. The first-order valence-corrected chi connectivity index (χ1v) is 11.0. The highest BCUT2D eigenvalue weighted by Gasteiger charge is 2.47. The van der Waals surface area contributed by atoms with E-state index < -0.39 is 17.7 Å². The number of benzene rings is 4. The smallest absolute Gasteiger partial charge is 0.300 e. The summed E-state index contributed by atoms with van der Waals surface area (Å²) in [4.78, 5) is 28.2. The number of aryl methyl sites for hydroxylation is 1. The zero-order valence-electron chi connectivity index (χ0n) is 18.9. The third kappa shape index (κ3) is 3.52. The number of Topliss-reactive ketones (excluding diaryl/α,β-unsaturated/α-hetero) is 1. The maximum absolute atomic E-state index is 13.4. The van der Waals surface area contributed by atoms with E-state index in [-0.39, 0.29) is 11.3 Å². The number of aliphatic hydroxyl groups is 1. The van der Waals surface area contributed by atoms with Gasteiger partial charge >= 0.3 is 0 Å². The lowest BCUT2D eigenvalue weighted by Gasteiger charge is -2.26. The second-order valence-electron chi connectivity index (χ2n) is 8.30. The molecule has 1 aliphatic rings. The molecule has 5 heteroatoms. The summed E-state index contributed by atoms with van der Waals surface area (Å²) in [6, 6.07) is 27.0. The molecule has 0 saturated carbocycles. The summed E-state index contributed by atoms with van der Waals surface area (Å²) in [7, 11) is 1.57. The molecule has 0 spiro atoms. The number of hydrogen-bond acceptors (Lipinski definition) is 4. The van der Waals surface area contributed by atoms with E-state index >= 15 is 0 Å². The summed E-state index contributed by atoms with van der Waals surface area (Å²) in [5.74, 6) is -0.947. The summed E-state index contributed by atoms with van der Waals surface area (Å²) in [5.41, 5.74) is 2.90. The molecule has 34 heavy (non-hydrogen) atoms. The summed E-state index contributed by atoms with van der Waals surface area (Å²) in [6.07, 6.45) is 0. The number of carbonyl (C=O) groups excluding carboxylic acids is 2. The Labute approximate surface area is 197 Å². The van der Waals surface area contributed by atoms with Crippen molar-refractivity contribution in [2.24, 2.45) is 0 Å². The Balaban J connectivity index is 1.78. The topological polar surface area (TPSA) is 66.8 Å². The lowest BCUT2D eigenvalue weighted by atomic mass is 9.91. The minimum Gasteiger partial charge on any atom is -0.507 e. The van der Waals surface area contributed by atoms with Crippen LogP contribution in [0.2, 0.25) is 0 Å². The molecule has 0 aliphatic carbocycles. The number of methoxy groups -OCH3 is 1. The van der Waals surface area contributed by atoms with Gasteiger partial charge in [-0.05, 0) is 47.5 Å². The van der Waals surface area contributed by atoms with Crippen LogP contribution in [0.15, 0.2) is 96.6 Å². The molecule has 1 unspecified atom stereocenters. The fourth-order valence-electron chi connectivity index (χ4n) is 4.49. The van der Waals surface area contributed by atoms with E-state index in [1.165, 1.54) is 4.90 Å². The van der Waals surface area contributed by atoms with Crippen molar-refractivity contribution in [3.05, 3.63) is 113 Å². The molecule has 1 N–H and O–H groups in total. The maximum atomic E-state index is 13.4. The summed E-state index contributed by atoms with van der Waals surface area (Å²) < 4.78 is 5.26. The molecule has 1 heterocycles. The molecule has 1 aliphatic heterocycles. The van der Waals surface area contributed by atoms with Crippen LogP contribution in [0, 0.1) is 6.92 Å². The van der Waals surface area contributed by atoms with Gasteiger partial charge in [-0.1, -0.05) is 72.3 Å². The predicted molar refractivity (Wildman–Crippen MR) is 133 cm³/mol. The quantitative estimate of drug-likeness (QED) is 0.244. The minimum absolute atomic E-state index is 0.0704. The predicted octanol–water partition coefficient (Wildman–Crippen LogP) is 5.78. The molecule has 1 atom stereocenters. The highest BCUT2D eigenvalue weighted by Crippen LogP contribution is 2.44. The molecule has 0 radical (unpaired) electrons. The molecule has 0 aromatic heterocycles. The van der Waals surface area contributed by atoms with Gasteiger partial charge in [0.25, 0.3) is 11.7 Å². The number of aliphatic hydroxyl groups excluding tert-OH is 1. The third-order valence-electron chi connectivity index (χ3n) is 6.24. The SMILES string of the molecule is COc1ccc(N2C(=O)C(=O)/C(=C(\O)c3ccc(C)cc3)C2c2cccc3ccccc23)cc1. The first kappa shape index (κ1) is 21.5.